The van der Waals surface area contributed by atoms with Crippen LogP contribution in [0.25, 0.3) is 0 Å². The number of benzene rings is 1. The van der Waals surface area contributed by atoms with E-state index >= 15 is 0 Å². The molecule has 1 saturated heterocycles. The van der Waals surface area contributed by atoms with Gasteiger partial charge in [-0.2, -0.15) is 0 Å². The minimum Gasteiger partial charge on any atom is -0.341 e. The number of hydrogen-bond donors (Lipinski definition) is 0. The maximum atomic E-state index is 12.8. The van der Waals surface area contributed by atoms with Gasteiger partial charge in [-0.1, -0.05) is 25.0 Å². The highest BCUT2D eigenvalue weighted by Gasteiger charge is 2.35. The van der Waals surface area contributed by atoms with Crippen LogP contribution < -0.4 is 0 Å². The van der Waals surface area contributed by atoms with E-state index in [1.807, 2.05) is 11.9 Å². The molecule has 6 heteroatoms. The Morgan fingerprint density at radius 1 is 1.24 bits per heavy atom. The predicted octanol–water partition coefficient (Wildman–Crippen LogP) is 3.00. The van der Waals surface area contributed by atoms with Crippen LogP contribution in [0.3, 0.4) is 0 Å². The van der Waals surface area contributed by atoms with Crippen LogP contribution in [0, 0.1) is 10.1 Å². The van der Waals surface area contributed by atoms with Gasteiger partial charge in [0.15, 0.2) is 0 Å². The van der Waals surface area contributed by atoms with Gasteiger partial charge in [0.1, 0.15) is 0 Å². The van der Waals surface area contributed by atoms with Gasteiger partial charge in [-0.3, -0.25) is 19.8 Å². The van der Waals surface area contributed by atoms with E-state index in [1.54, 1.807) is 12.1 Å². The van der Waals surface area contributed by atoms with Crippen LogP contribution in [0.15, 0.2) is 24.3 Å². The fourth-order valence-electron chi connectivity index (χ4n) is 4.31. The Bertz CT molecular complexity index is 628. The molecule has 0 spiro atoms. The van der Waals surface area contributed by atoms with E-state index in [2.05, 4.69) is 4.90 Å². The molecule has 2 fully saturated rings. The van der Waals surface area contributed by atoms with Crippen LogP contribution in [0.1, 0.15) is 44.1 Å². The molecule has 1 aromatic rings. The number of likely N-dealkylation sites (tertiary alicyclic amines) is 1. The number of nitro benzene ring substituents is 1. The number of amides is 1. The molecule has 2 aliphatic rings. The molecule has 0 bridgehead atoms. The molecule has 0 N–H and O–H groups in total. The summed E-state index contributed by atoms with van der Waals surface area (Å²) in [6.45, 7) is 2.29. The summed E-state index contributed by atoms with van der Waals surface area (Å²) in [7, 11) is 1.90. The van der Waals surface area contributed by atoms with Crippen molar-refractivity contribution in [2.24, 2.45) is 0 Å². The zero-order valence-corrected chi connectivity index (χ0v) is 14.9. The van der Waals surface area contributed by atoms with Gasteiger partial charge in [0.25, 0.3) is 5.69 Å². The molecule has 0 radical (unpaired) electrons. The van der Waals surface area contributed by atoms with Crippen molar-refractivity contribution in [3.05, 3.63) is 39.9 Å². The highest BCUT2D eigenvalue weighted by molar-refractivity contribution is 5.79. The normalized spacial score (nSPS) is 24.2. The third kappa shape index (κ3) is 4.18. The average molecular weight is 345 g/mol. The lowest BCUT2D eigenvalue weighted by Crippen LogP contribution is -2.53. The standard InChI is InChI=1S/C19H27N3O3/c1-20(17-9-2-3-10-18(17)21-11-4-5-12-21)19(23)14-15-7-6-8-16(13-15)22(24)25/h6-8,13,17-18H,2-5,9-12,14H2,1H3/t17-,18-/m0/s1. The summed E-state index contributed by atoms with van der Waals surface area (Å²) in [6, 6.07) is 7.13. The Labute approximate surface area is 148 Å². The second-order valence-electron chi connectivity index (χ2n) is 7.27. The summed E-state index contributed by atoms with van der Waals surface area (Å²) >= 11 is 0. The summed E-state index contributed by atoms with van der Waals surface area (Å²) in [5.74, 6) is 0.0524. The zero-order valence-electron chi connectivity index (χ0n) is 14.9. The SMILES string of the molecule is CN(C(=O)Cc1cccc([N+](=O)[O-])c1)[C@H]1CCCC[C@@H]1N1CCCC1. The van der Waals surface area contributed by atoms with E-state index in [9.17, 15) is 14.9 Å². The molecule has 0 aromatic heterocycles. The van der Waals surface area contributed by atoms with Gasteiger partial charge in [0.2, 0.25) is 5.91 Å². The van der Waals surface area contributed by atoms with E-state index in [1.165, 1.54) is 44.2 Å². The number of nitro groups is 1. The van der Waals surface area contributed by atoms with E-state index in [-0.39, 0.29) is 24.1 Å². The van der Waals surface area contributed by atoms with Gasteiger partial charge in [-0.25, -0.2) is 0 Å². The molecule has 1 saturated carbocycles. The molecule has 1 aromatic carbocycles. The van der Waals surface area contributed by atoms with Crippen LogP contribution >= 0.6 is 0 Å². The van der Waals surface area contributed by atoms with Crippen molar-refractivity contribution in [1.82, 2.24) is 9.80 Å². The van der Waals surface area contributed by atoms with E-state index < -0.39 is 4.92 Å². The highest BCUT2D eigenvalue weighted by Crippen LogP contribution is 2.29. The van der Waals surface area contributed by atoms with Crippen molar-refractivity contribution in [3.63, 3.8) is 0 Å². The molecular weight excluding hydrogens is 318 g/mol. The molecule has 136 valence electrons. The van der Waals surface area contributed by atoms with E-state index in [0.717, 1.165) is 19.5 Å². The number of non-ortho nitro benzene ring substituents is 1. The molecular formula is C19H27N3O3. The smallest absolute Gasteiger partial charge is 0.269 e. The fraction of sp³-hybridized carbons (Fsp3) is 0.632. The van der Waals surface area contributed by atoms with Gasteiger partial charge in [0, 0.05) is 31.3 Å². The van der Waals surface area contributed by atoms with E-state index in [0.29, 0.717) is 11.6 Å². The monoisotopic (exact) mass is 345 g/mol. The first-order valence-electron chi connectivity index (χ1n) is 9.29. The molecule has 1 aliphatic carbocycles. The molecule has 6 nitrogen and oxygen atoms in total. The lowest BCUT2D eigenvalue weighted by atomic mass is 9.88. The maximum Gasteiger partial charge on any atom is 0.269 e. The van der Waals surface area contributed by atoms with Gasteiger partial charge in [-0.15, -0.1) is 0 Å². The largest absolute Gasteiger partial charge is 0.341 e. The molecule has 0 unspecified atom stereocenters. The molecule has 1 amide bonds. The van der Waals surface area contributed by atoms with Crippen LogP contribution in [-0.2, 0) is 11.2 Å². The Balaban J connectivity index is 1.68. The topological polar surface area (TPSA) is 66.7 Å². The number of likely N-dealkylation sites (N-methyl/N-ethyl adjacent to an activating group) is 1. The molecule has 2 atom stereocenters. The number of carbonyl (C=O) groups excluding carboxylic acids is 1. The highest BCUT2D eigenvalue weighted by atomic mass is 16.6. The predicted molar refractivity (Wildman–Crippen MR) is 96.4 cm³/mol. The molecule has 1 aliphatic heterocycles. The van der Waals surface area contributed by atoms with Crippen molar-refractivity contribution in [1.29, 1.82) is 0 Å². The second kappa shape index (κ2) is 7.95. The first-order chi connectivity index (χ1) is 12.1. The van der Waals surface area contributed by atoms with Gasteiger partial charge in [0.05, 0.1) is 11.3 Å². The molecule has 3 rings (SSSR count). The Hall–Kier alpha value is -1.95. The summed E-state index contributed by atoms with van der Waals surface area (Å²) in [6.07, 6.45) is 7.37. The molecule has 1 heterocycles. The Kier molecular flexibility index (Phi) is 5.68. The molecule has 25 heavy (non-hydrogen) atoms. The van der Waals surface area contributed by atoms with Crippen LogP contribution in [0.2, 0.25) is 0 Å². The fourth-order valence-corrected chi connectivity index (χ4v) is 4.31. The number of nitrogens with zero attached hydrogens (tertiary/aromatic N) is 3. The Morgan fingerprint density at radius 3 is 2.68 bits per heavy atom. The third-order valence-corrected chi connectivity index (χ3v) is 5.67. The summed E-state index contributed by atoms with van der Waals surface area (Å²) in [4.78, 5) is 27.8. The first-order valence-corrected chi connectivity index (χ1v) is 9.29. The van der Waals surface area contributed by atoms with Crippen molar-refractivity contribution in [2.45, 2.75) is 57.0 Å². The zero-order chi connectivity index (χ0) is 17.8. The van der Waals surface area contributed by atoms with Crippen molar-refractivity contribution in [3.8, 4) is 0 Å². The van der Waals surface area contributed by atoms with Gasteiger partial charge in [-0.05, 0) is 44.3 Å². The van der Waals surface area contributed by atoms with Crippen LogP contribution in [0.4, 0.5) is 5.69 Å². The van der Waals surface area contributed by atoms with Crippen molar-refractivity contribution in [2.75, 3.05) is 20.1 Å². The summed E-state index contributed by atoms with van der Waals surface area (Å²) < 4.78 is 0. The van der Waals surface area contributed by atoms with Gasteiger partial charge >= 0.3 is 0 Å². The van der Waals surface area contributed by atoms with Crippen LogP contribution in [0.5, 0.6) is 0 Å². The lowest BCUT2D eigenvalue weighted by molar-refractivity contribution is -0.384. The van der Waals surface area contributed by atoms with Crippen LogP contribution in [-0.4, -0.2) is 52.9 Å². The maximum absolute atomic E-state index is 12.8. The Morgan fingerprint density at radius 2 is 1.96 bits per heavy atom. The minimum absolute atomic E-state index is 0.0422. The first kappa shape index (κ1) is 17.9. The van der Waals surface area contributed by atoms with E-state index in [4.69, 9.17) is 0 Å². The third-order valence-electron chi connectivity index (χ3n) is 5.67. The number of carbonyl (C=O) groups is 1. The summed E-state index contributed by atoms with van der Waals surface area (Å²) in [5.41, 5.74) is 0.750. The van der Waals surface area contributed by atoms with Crippen molar-refractivity contribution < 1.29 is 9.72 Å². The lowest BCUT2D eigenvalue weighted by Gasteiger charge is -2.42. The second-order valence-corrected chi connectivity index (χ2v) is 7.27. The number of rotatable bonds is 5. The minimum atomic E-state index is -0.414. The van der Waals surface area contributed by atoms with Gasteiger partial charge < -0.3 is 4.90 Å². The summed E-state index contributed by atoms with van der Waals surface area (Å²) in [5, 5.41) is 10.9. The quantitative estimate of drug-likeness (QED) is 0.608. The average Bonchev–Trinajstić information content (AvgIpc) is 3.15. The van der Waals surface area contributed by atoms with Crippen molar-refractivity contribution >= 4 is 11.6 Å². The number of hydrogen-bond acceptors (Lipinski definition) is 4.